The van der Waals surface area contributed by atoms with Gasteiger partial charge in [-0.1, -0.05) is 32.4 Å². The minimum absolute atomic E-state index is 0.117. The Morgan fingerprint density at radius 2 is 1.94 bits per heavy atom. The fraction of sp³-hybridized carbons (Fsp3) is 0.625. The Morgan fingerprint density at radius 3 is 2.56 bits per heavy atom. The monoisotopic (exact) mass is 247 g/mol. The van der Waals surface area contributed by atoms with E-state index in [1.165, 1.54) is 24.8 Å². The molecule has 1 aromatic rings. The fourth-order valence-corrected chi connectivity index (χ4v) is 2.73. The summed E-state index contributed by atoms with van der Waals surface area (Å²) in [7, 11) is 0. The summed E-state index contributed by atoms with van der Waals surface area (Å²) in [5.41, 5.74) is 7.17. The molecule has 1 saturated carbocycles. The van der Waals surface area contributed by atoms with Gasteiger partial charge in [0.05, 0.1) is 0 Å². The van der Waals surface area contributed by atoms with Crippen molar-refractivity contribution in [2.45, 2.75) is 57.5 Å². The van der Waals surface area contributed by atoms with E-state index in [1.54, 1.807) is 0 Å². The van der Waals surface area contributed by atoms with E-state index in [9.17, 15) is 0 Å². The van der Waals surface area contributed by atoms with Crippen molar-refractivity contribution < 1.29 is 4.74 Å². The van der Waals surface area contributed by atoms with Gasteiger partial charge in [0.2, 0.25) is 0 Å². The van der Waals surface area contributed by atoms with E-state index in [-0.39, 0.29) is 5.60 Å². The summed E-state index contributed by atoms with van der Waals surface area (Å²) in [6.45, 7) is 5.04. The maximum atomic E-state index is 6.26. The van der Waals surface area contributed by atoms with Crippen LogP contribution >= 0.6 is 0 Å². The molecular weight excluding hydrogens is 222 g/mol. The van der Waals surface area contributed by atoms with E-state index in [2.05, 4.69) is 38.1 Å². The van der Waals surface area contributed by atoms with Gasteiger partial charge < -0.3 is 10.5 Å². The van der Waals surface area contributed by atoms with E-state index in [4.69, 9.17) is 10.5 Å². The van der Waals surface area contributed by atoms with Crippen molar-refractivity contribution in [2.24, 2.45) is 5.73 Å². The number of hydrogen-bond donors (Lipinski definition) is 1. The third kappa shape index (κ3) is 3.05. The molecule has 0 radical (unpaired) electrons. The van der Waals surface area contributed by atoms with Gasteiger partial charge in [0.1, 0.15) is 11.4 Å². The second kappa shape index (κ2) is 5.75. The summed E-state index contributed by atoms with van der Waals surface area (Å²) >= 11 is 0. The molecule has 0 aliphatic heterocycles. The van der Waals surface area contributed by atoms with E-state index in [1.807, 2.05) is 0 Å². The first-order chi connectivity index (χ1) is 8.65. The fourth-order valence-electron chi connectivity index (χ4n) is 2.73. The van der Waals surface area contributed by atoms with Crippen LogP contribution in [-0.2, 0) is 0 Å². The highest BCUT2D eigenvalue weighted by atomic mass is 16.5. The third-order valence-corrected chi connectivity index (χ3v) is 4.00. The summed E-state index contributed by atoms with van der Waals surface area (Å²) in [4.78, 5) is 0. The Bertz CT molecular complexity index is 380. The lowest BCUT2D eigenvalue weighted by atomic mass is 9.84. The highest BCUT2D eigenvalue weighted by molar-refractivity contribution is 5.31. The molecule has 100 valence electrons. The number of nitrogens with two attached hydrogens (primary N) is 1. The van der Waals surface area contributed by atoms with E-state index in [0.29, 0.717) is 12.5 Å². The van der Waals surface area contributed by atoms with Crippen LogP contribution in [0.15, 0.2) is 24.3 Å². The molecule has 1 aromatic carbocycles. The lowest BCUT2D eigenvalue weighted by Crippen LogP contribution is -2.45. The third-order valence-electron chi connectivity index (χ3n) is 4.00. The van der Waals surface area contributed by atoms with Crippen molar-refractivity contribution in [3.8, 4) is 5.75 Å². The Kier molecular flexibility index (Phi) is 4.28. The second-order valence-electron chi connectivity index (χ2n) is 5.78. The molecule has 0 unspecified atom stereocenters. The molecule has 2 N–H and O–H groups in total. The maximum Gasteiger partial charge on any atom is 0.121 e. The molecule has 0 saturated heterocycles. The Hall–Kier alpha value is -1.02. The number of ether oxygens (including phenoxy) is 1. The van der Waals surface area contributed by atoms with Crippen LogP contribution in [0.3, 0.4) is 0 Å². The number of benzene rings is 1. The van der Waals surface area contributed by atoms with E-state index >= 15 is 0 Å². The quantitative estimate of drug-likeness (QED) is 0.877. The second-order valence-corrected chi connectivity index (χ2v) is 5.78. The molecule has 0 aromatic heterocycles. The van der Waals surface area contributed by atoms with Crippen molar-refractivity contribution in [3.05, 3.63) is 29.8 Å². The molecule has 0 amide bonds. The zero-order valence-corrected chi connectivity index (χ0v) is 11.6. The topological polar surface area (TPSA) is 35.2 Å². The van der Waals surface area contributed by atoms with Gasteiger partial charge in [-0.3, -0.25) is 0 Å². The Morgan fingerprint density at radius 1 is 1.22 bits per heavy atom. The lowest BCUT2D eigenvalue weighted by molar-refractivity contribution is 0.0386. The van der Waals surface area contributed by atoms with Crippen LogP contribution in [0.2, 0.25) is 0 Å². The average Bonchev–Trinajstić information content (AvgIpc) is 2.40. The van der Waals surface area contributed by atoms with Crippen LogP contribution in [-0.4, -0.2) is 12.1 Å². The van der Waals surface area contributed by atoms with Gasteiger partial charge in [-0.05, 0) is 49.3 Å². The number of hydrogen-bond acceptors (Lipinski definition) is 2. The zero-order chi connectivity index (χ0) is 13.0. The smallest absolute Gasteiger partial charge is 0.121 e. The van der Waals surface area contributed by atoms with Crippen molar-refractivity contribution in [1.82, 2.24) is 0 Å². The predicted molar refractivity (Wildman–Crippen MR) is 76.0 cm³/mol. The van der Waals surface area contributed by atoms with E-state index < -0.39 is 0 Å². The van der Waals surface area contributed by atoms with Crippen LogP contribution in [0.5, 0.6) is 5.75 Å². The largest absolute Gasteiger partial charge is 0.486 e. The first-order valence-electron chi connectivity index (χ1n) is 7.14. The maximum absolute atomic E-state index is 6.26. The molecule has 1 aliphatic carbocycles. The highest BCUT2D eigenvalue weighted by Gasteiger charge is 2.32. The zero-order valence-electron chi connectivity index (χ0n) is 11.6. The summed E-state index contributed by atoms with van der Waals surface area (Å²) in [5.74, 6) is 1.52. The molecule has 0 atom stereocenters. The molecule has 0 spiro atoms. The van der Waals surface area contributed by atoms with Gasteiger partial charge >= 0.3 is 0 Å². The number of rotatable bonds is 4. The first-order valence-corrected chi connectivity index (χ1v) is 7.14. The lowest BCUT2D eigenvalue weighted by Gasteiger charge is -2.36. The summed E-state index contributed by atoms with van der Waals surface area (Å²) in [6.07, 6.45) is 5.98. The average molecular weight is 247 g/mol. The minimum Gasteiger partial charge on any atom is -0.486 e. The molecule has 2 nitrogen and oxygen atoms in total. The molecule has 18 heavy (non-hydrogen) atoms. The van der Waals surface area contributed by atoms with Gasteiger partial charge in [0, 0.05) is 6.54 Å². The molecular formula is C16H25NO. The molecule has 2 rings (SSSR count). The predicted octanol–water partition coefficient (Wildman–Crippen LogP) is 3.85. The van der Waals surface area contributed by atoms with Gasteiger partial charge in [-0.15, -0.1) is 0 Å². The van der Waals surface area contributed by atoms with Crippen LogP contribution in [0, 0.1) is 0 Å². The van der Waals surface area contributed by atoms with Crippen molar-refractivity contribution >= 4 is 0 Å². The Labute approximate surface area is 111 Å². The minimum atomic E-state index is -0.117. The molecule has 1 fully saturated rings. The van der Waals surface area contributed by atoms with Crippen LogP contribution in [0.1, 0.15) is 57.4 Å². The van der Waals surface area contributed by atoms with Gasteiger partial charge in [-0.25, -0.2) is 0 Å². The summed E-state index contributed by atoms with van der Waals surface area (Å²) in [6, 6.07) is 8.46. The summed E-state index contributed by atoms with van der Waals surface area (Å²) < 4.78 is 6.26. The Balaban J connectivity index is 2.13. The molecule has 0 bridgehead atoms. The SMILES string of the molecule is CC(C)c1cccc(OC2(CN)CCCCC2)c1. The van der Waals surface area contributed by atoms with Crippen LogP contribution in [0.25, 0.3) is 0 Å². The van der Waals surface area contributed by atoms with Crippen molar-refractivity contribution in [3.63, 3.8) is 0 Å². The van der Waals surface area contributed by atoms with Crippen LogP contribution in [0.4, 0.5) is 0 Å². The molecule has 0 heterocycles. The standard InChI is InChI=1S/C16H25NO/c1-13(2)14-7-6-8-15(11-14)18-16(12-17)9-4-3-5-10-16/h6-8,11,13H,3-5,9-10,12,17H2,1-2H3. The summed E-state index contributed by atoms with van der Waals surface area (Å²) in [5, 5.41) is 0. The van der Waals surface area contributed by atoms with Gasteiger partial charge in [0.25, 0.3) is 0 Å². The first kappa shape index (κ1) is 13.4. The van der Waals surface area contributed by atoms with Gasteiger partial charge in [-0.2, -0.15) is 0 Å². The van der Waals surface area contributed by atoms with E-state index in [0.717, 1.165) is 18.6 Å². The van der Waals surface area contributed by atoms with Crippen molar-refractivity contribution in [2.75, 3.05) is 6.54 Å². The van der Waals surface area contributed by atoms with Crippen molar-refractivity contribution in [1.29, 1.82) is 0 Å². The highest BCUT2D eigenvalue weighted by Crippen LogP contribution is 2.33. The van der Waals surface area contributed by atoms with Gasteiger partial charge in [0.15, 0.2) is 0 Å². The van der Waals surface area contributed by atoms with Crippen LogP contribution < -0.4 is 10.5 Å². The molecule has 2 heteroatoms. The molecule has 1 aliphatic rings. The normalized spacial score (nSPS) is 18.9.